The minimum atomic E-state index is -6.74. The lowest BCUT2D eigenvalue weighted by atomic mass is 9.55. The number of nitrogens with zero attached hydrogens (tertiary/aromatic N) is 1. The molecule has 2 saturated carbocycles. The molecule has 4 aliphatic rings. The van der Waals surface area contributed by atoms with Crippen molar-refractivity contribution < 1.29 is 72.7 Å². The Bertz CT molecular complexity index is 1510. The van der Waals surface area contributed by atoms with Crippen molar-refractivity contribution in [3.63, 3.8) is 0 Å². The van der Waals surface area contributed by atoms with Crippen molar-refractivity contribution in [2.75, 3.05) is 91.1 Å². The second-order valence-corrected chi connectivity index (χ2v) is 21.1. The number of likely N-dealkylation sites (N-methyl/N-ethyl adjacent to an activating group) is 1. The van der Waals surface area contributed by atoms with Gasteiger partial charge in [-0.25, -0.2) is 0 Å². The molecule has 3 fully saturated rings. The van der Waals surface area contributed by atoms with E-state index in [-0.39, 0.29) is 18.1 Å². The Labute approximate surface area is 380 Å². The lowest BCUT2D eigenvalue weighted by Crippen LogP contribution is -2.67. The second kappa shape index (κ2) is 23.9. The largest absolute Gasteiger partial charge is 0.493 e. The topological polar surface area (TPSA) is 67.9 Å². The van der Waals surface area contributed by atoms with Gasteiger partial charge in [0.05, 0.1) is 52.4 Å². The molecule has 64 heavy (non-hydrogen) atoms. The van der Waals surface area contributed by atoms with E-state index in [1.807, 2.05) is 19.9 Å². The van der Waals surface area contributed by atoms with Crippen molar-refractivity contribution >= 4 is 21.6 Å². The molecule has 1 heterocycles. The second-order valence-electron chi connectivity index (χ2n) is 18.4. The predicted molar refractivity (Wildman–Crippen MR) is 230 cm³/mol. The monoisotopic (exact) mass is 969 g/mol. The van der Waals surface area contributed by atoms with Gasteiger partial charge in [0.15, 0.2) is 5.79 Å². The molecule has 0 unspecified atom stereocenters. The van der Waals surface area contributed by atoms with Gasteiger partial charge in [0.1, 0.15) is 5.75 Å². The number of benzene rings is 1. The van der Waals surface area contributed by atoms with Gasteiger partial charge in [0, 0.05) is 43.6 Å². The fourth-order valence-corrected chi connectivity index (χ4v) is 11.7. The zero-order valence-electron chi connectivity index (χ0n) is 37.6. The first-order chi connectivity index (χ1) is 30.2. The highest BCUT2D eigenvalue weighted by Crippen LogP contribution is 2.62. The number of halogens is 9. The molecule has 1 aliphatic heterocycles. The molecule has 370 valence electrons. The van der Waals surface area contributed by atoms with Gasteiger partial charge in [-0.1, -0.05) is 41.0 Å². The van der Waals surface area contributed by atoms with E-state index >= 15 is 0 Å². The summed E-state index contributed by atoms with van der Waals surface area (Å²) in [5.74, 6) is 3.76. The van der Waals surface area contributed by atoms with Crippen LogP contribution in [0, 0.1) is 23.2 Å². The summed E-state index contributed by atoms with van der Waals surface area (Å²) >= 11 is 0. The summed E-state index contributed by atoms with van der Waals surface area (Å²) in [6.45, 7) is 11.2. The van der Waals surface area contributed by atoms with Crippen molar-refractivity contribution in [3.05, 3.63) is 29.3 Å². The van der Waals surface area contributed by atoms with E-state index in [9.17, 15) is 39.5 Å². The first-order valence-corrected chi connectivity index (χ1v) is 25.2. The number of hydrogen-bond acceptors (Lipinski definition) is 10. The normalized spacial score (nSPS) is 25.3. The molecule has 5 atom stereocenters. The van der Waals surface area contributed by atoms with Crippen molar-refractivity contribution in [2.45, 2.75) is 133 Å². The number of fused-ring (bicyclic) bond motifs is 5. The van der Waals surface area contributed by atoms with Crippen molar-refractivity contribution in [1.82, 2.24) is 4.90 Å². The smallest absolute Gasteiger partial charge is 0.435 e. The third-order valence-corrected chi connectivity index (χ3v) is 15.8. The van der Waals surface area contributed by atoms with Crippen molar-refractivity contribution in [3.8, 4) is 5.75 Å². The number of hydrogen-bond donors (Lipinski definition) is 0. The summed E-state index contributed by atoms with van der Waals surface area (Å²) in [7, 11) is 5.73. The van der Waals surface area contributed by atoms with E-state index in [0.29, 0.717) is 49.9 Å². The number of ether oxygens (including phenoxy) is 7. The van der Waals surface area contributed by atoms with Crippen LogP contribution >= 0.6 is 21.6 Å². The summed E-state index contributed by atoms with van der Waals surface area (Å²) in [5, 5.41) is 0. The summed E-state index contributed by atoms with van der Waals surface area (Å²) in [5.41, 5.74) is -3.93. The average molecular weight is 970 g/mol. The van der Waals surface area contributed by atoms with E-state index in [1.54, 1.807) is 21.6 Å². The van der Waals surface area contributed by atoms with Crippen LogP contribution in [-0.2, 0) is 34.8 Å². The van der Waals surface area contributed by atoms with Gasteiger partial charge in [-0.15, -0.1) is 0 Å². The SMILES string of the molecule is CN(CCCCC1COC(C)(C)OC1)CCOCCSSCCOCCCOc1ccc2c(c1)CC[C@@H]1[C@@H]2CC[C@]2(C)[C@@H](OCCCOC(C(F)(F)F)(C(F)(F)F)C(F)(F)F)CC[C@@H]12. The molecule has 0 spiro atoms. The first-order valence-electron chi connectivity index (χ1n) is 22.8. The van der Waals surface area contributed by atoms with Gasteiger partial charge in [0.25, 0.3) is 0 Å². The van der Waals surface area contributed by atoms with Crippen LogP contribution in [0.1, 0.15) is 102 Å². The summed E-state index contributed by atoms with van der Waals surface area (Å²) in [6, 6.07) is 6.32. The van der Waals surface area contributed by atoms with Crippen LogP contribution in [0.4, 0.5) is 39.5 Å². The minimum Gasteiger partial charge on any atom is -0.493 e. The van der Waals surface area contributed by atoms with Crippen LogP contribution in [0.5, 0.6) is 5.75 Å². The van der Waals surface area contributed by atoms with Gasteiger partial charge in [0.2, 0.25) is 0 Å². The van der Waals surface area contributed by atoms with Gasteiger partial charge in [-0.05, 0) is 132 Å². The molecule has 0 bridgehead atoms. The highest BCUT2D eigenvalue weighted by molar-refractivity contribution is 8.76. The number of unbranched alkanes of at least 4 members (excludes halogenated alkanes) is 1. The van der Waals surface area contributed by atoms with E-state index in [4.69, 9.17) is 28.4 Å². The maximum Gasteiger partial charge on any atom is 0.435 e. The Hall–Kier alpha value is -1.19. The van der Waals surface area contributed by atoms with Crippen LogP contribution in [0.2, 0.25) is 0 Å². The lowest BCUT2D eigenvalue weighted by Gasteiger charge is -2.50. The molecule has 1 saturated heterocycles. The highest BCUT2D eigenvalue weighted by atomic mass is 33.1. The van der Waals surface area contributed by atoms with E-state index in [2.05, 4.69) is 35.7 Å². The Balaban J connectivity index is 0.886. The Morgan fingerprint density at radius 3 is 2.05 bits per heavy atom. The Morgan fingerprint density at radius 2 is 1.38 bits per heavy atom. The average Bonchev–Trinajstić information content (AvgIpc) is 3.55. The summed E-state index contributed by atoms with van der Waals surface area (Å²) < 4.78 is 158. The van der Waals surface area contributed by atoms with Gasteiger partial charge >= 0.3 is 24.1 Å². The maximum absolute atomic E-state index is 13.2. The molecule has 0 amide bonds. The minimum absolute atomic E-state index is 0.261. The molecule has 0 radical (unpaired) electrons. The van der Waals surface area contributed by atoms with Gasteiger partial charge < -0.3 is 38.1 Å². The molecule has 0 aromatic heterocycles. The Morgan fingerprint density at radius 1 is 0.719 bits per heavy atom. The lowest BCUT2D eigenvalue weighted by molar-refractivity contribution is -0.457. The molecule has 1 aromatic carbocycles. The van der Waals surface area contributed by atoms with Crippen LogP contribution in [0.3, 0.4) is 0 Å². The molecule has 5 rings (SSSR count). The molecule has 8 nitrogen and oxygen atoms in total. The highest BCUT2D eigenvalue weighted by Gasteiger charge is 2.85. The fourth-order valence-electron chi connectivity index (χ4n) is 10.0. The molecule has 1 aromatic rings. The molecular formula is C45H68F9NO7S2. The maximum atomic E-state index is 13.2. The van der Waals surface area contributed by atoms with Crippen LogP contribution in [0.25, 0.3) is 0 Å². The standard InChI is InChI=1S/C45H68F9NO7S2/c1-40(2)61-30-32(31-62-40)9-5-6-18-55(4)19-24-57-26-28-64-63-27-25-56-20-7-21-58-34-11-13-35-33(29-34)10-12-37-36(35)16-17-41(3)38(37)14-15-39(41)59-22-8-23-60-42(43(46,47)48,44(49,50)51)45(52,53)54/h11,13,29,32,36-39H,5-10,12,14-28,30-31H2,1-4H3/t36-,37-,38+,39+,41+/m1/s1. The van der Waals surface area contributed by atoms with E-state index < -0.39 is 42.9 Å². The van der Waals surface area contributed by atoms with Gasteiger partial charge in [-0.3, -0.25) is 0 Å². The molecule has 3 aliphatic carbocycles. The number of alkyl halides is 9. The Kier molecular flexibility index (Phi) is 20.1. The summed E-state index contributed by atoms with van der Waals surface area (Å²) in [4.78, 5) is 2.33. The third kappa shape index (κ3) is 14.2. The zero-order chi connectivity index (χ0) is 46.7. The van der Waals surface area contributed by atoms with Crippen LogP contribution < -0.4 is 4.74 Å². The van der Waals surface area contributed by atoms with Gasteiger partial charge in [-0.2, -0.15) is 39.5 Å². The predicted octanol–water partition coefficient (Wildman–Crippen LogP) is 11.4. The quantitative estimate of drug-likeness (QED) is 0.0509. The fraction of sp³-hybridized carbons (Fsp3) is 0.867. The molecular weight excluding hydrogens is 902 g/mol. The van der Waals surface area contributed by atoms with E-state index in [1.165, 1.54) is 17.5 Å². The van der Waals surface area contributed by atoms with E-state index in [0.717, 1.165) is 108 Å². The molecule has 19 heteroatoms. The molecule has 0 N–H and O–H groups in total. The third-order valence-electron chi connectivity index (χ3n) is 13.5. The number of aryl methyl sites for hydroxylation is 1. The summed E-state index contributed by atoms with van der Waals surface area (Å²) in [6.07, 6.45) is -11.8. The van der Waals surface area contributed by atoms with Crippen molar-refractivity contribution in [1.29, 1.82) is 0 Å². The van der Waals surface area contributed by atoms with Crippen LogP contribution in [0.15, 0.2) is 18.2 Å². The van der Waals surface area contributed by atoms with Crippen molar-refractivity contribution in [2.24, 2.45) is 23.2 Å². The number of rotatable bonds is 26. The first kappa shape index (κ1) is 53.8. The van der Waals surface area contributed by atoms with Crippen LogP contribution in [-0.4, -0.2) is 132 Å². The zero-order valence-corrected chi connectivity index (χ0v) is 39.2.